The zero-order valence-electron chi connectivity index (χ0n) is 22.5. The third kappa shape index (κ3) is 5.23. The summed E-state index contributed by atoms with van der Waals surface area (Å²) in [5.74, 6) is 0.475. The first kappa shape index (κ1) is 26.9. The summed E-state index contributed by atoms with van der Waals surface area (Å²) in [6.07, 6.45) is 4.21. The molecule has 1 fully saturated rings. The lowest BCUT2D eigenvalue weighted by atomic mass is 10.0. The van der Waals surface area contributed by atoms with Gasteiger partial charge < -0.3 is 15.5 Å². The van der Waals surface area contributed by atoms with Gasteiger partial charge >= 0.3 is 0 Å². The average Bonchev–Trinajstić information content (AvgIpc) is 3.64. The van der Waals surface area contributed by atoms with E-state index in [9.17, 15) is 18.0 Å². The highest BCUT2D eigenvalue weighted by Gasteiger charge is 2.41. The molecule has 4 heterocycles. The number of rotatable bonds is 2. The van der Waals surface area contributed by atoms with Crippen LogP contribution in [0.3, 0.4) is 0 Å². The minimum absolute atomic E-state index is 0.0253. The SMILES string of the molecule is Cc1nc2sc1-c1cc3c(c(c1)S(=O)(=O)NCCCCCNC(=O)c1cccc(n1)N2)C(=O)N([C@@H](C)C1CC1)C3. The standard InChI is InChI=1S/C28H32N6O4S2/c1-16-25-19-13-20-15-34(17(2)18-9-10-18)27(36)24(20)22(14-19)40(37,38)30-12-5-3-4-11-29-26(35)21-7-6-8-23(32-21)33-28(31-16)39-25/h6-8,13-14,17-18,30H,3-5,9-12,15H2,1-2H3,(H,29,35)(H,31,32,33)/t17-/m0/s1. The first-order chi connectivity index (χ1) is 19.2. The van der Waals surface area contributed by atoms with Crippen LogP contribution in [0.15, 0.2) is 35.2 Å². The topological polar surface area (TPSA) is 133 Å². The number of amides is 2. The van der Waals surface area contributed by atoms with Crippen LogP contribution in [-0.4, -0.2) is 54.2 Å². The van der Waals surface area contributed by atoms with Crippen LogP contribution in [0.2, 0.25) is 0 Å². The van der Waals surface area contributed by atoms with Gasteiger partial charge in [0.25, 0.3) is 11.8 Å². The number of sulfonamides is 1. The molecule has 3 aromatic rings. The highest BCUT2D eigenvalue weighted by Crippen LogP contribution is 2.42. The van der Waals surface area contributed by atoms with Crippen LogP contribution < -0.4 is 15.4 Å². The Hall–Kier alpha value is -3.35. The number of hydrogen-bond acceptors (Lipinski definition) is 8. The summed E-state index contributed by atoms with van der Waals surface area (Å²) in [5, 5.41) is 6.63. The predicted molar refractivity (Wildman–Crippen MR) is 153 cm³/mol. The van der Waals surface area contributed by atoms with Crippen LogP contribution in [0.1, 0.15) is 71.1 Å². The Kier molecular flexibility index (Phi) is 7.09. The zero-order valence-corrected chi connectivity index (χ0v) is 24.1. The molecule has 40 heavy (non-hydrogen) atoms. The van der Waals surface area contributed by atoms with Crippen molar-refractivity contribution in [3.63, 3.8) is 0 Å². The van der Waals surface area contributed by atoms with Crippen LogP contribution in [0.4, 0.5) is 10.9 Å². The number of fused-ring (bicyclic) bond motifs is 9. The van der Waals surface area contributed by atoms with Gasteiger partial charge in [0, 0.05) is 25.7 Å². The van der Waals surface area contributed by atoms with Crippen molar-refractivity contribution >= 4 is 44.1 Å². The summed E-state index contributed by atoms with van der Waals surface area (Å²) in [5.41, 5.74) is 2.73. The molecule has 3 aliphatic rings. The van der Waals surface area contributed by atoms with Gasteiger partial charge in [-0.15, -0.1) is 0 Å². The van der Waals surface area contributed by atoms with Crippen LogP contribution in [0, 0.1) is 12.8 Å². The molecule has 210 valence electrons. The molecule has 0 saturated heterocycles. The van der Waals surface area contributed by atoms with E-state index in [0.29, 0.717) is 54.1 Å². The molecule has 0 unspecified atom stereocenters. The summed E-state index contributed by atoms with van der Waals surface area (Å²) in [6.45, 7) is 5.01. The number of nitrogens with one attached hydrogen (secondary N) is 3. The third-order valence-corrected chi connectivity index (χ3v) is 10.4. The van der Waals surface area contributed by atoms with E-state index in [1.165, 1.54) is 11.3 Å². The van der Waals surface area contributed by atoms with E-state index in [1.807, 2.05) is 17.9 Å². The summed E-state index contributed by atoms with van der Waals surface area (Å²) >= 11 is 1.37. The van der Waals surface area contributed by atoms with Gasteiger partial charge in [-0.2, -0.15) is 0 Å². The molecular formula is C28H32N6O4S2. The molecular weight excluding hydrogens is 548 g/mol. The number of nitrogens with zero attached hydrogens (tertiary/aromatic N) is 3. The fourth-order valence-electron chi connectivity index (χ4n) is 5.41. The van der Waals surface area contributed by atoms with E-state index in [2.05, 4.69) is 32.2 Å². The monoisotopic (exact) mass is 580 g/mol. The molecule has 1 aliphatic carbocycles. The Morgan fingerprint density at radius 2 is 1.88 bits per heavy atom. The molecule has 6 bridgehead atoms. The number of thiazole rings is 1. The third-order valence-electron chi connectivity index (χ3n) is 7.79. The quantitative estimate of drug-likeness (QED) is 0.414. The summed E-state index contributed by atoms with van der Waals surface area (Å²) in [4.78, 5) is 37.9. The van der Waals surface area contributed by atoms with Crippen molar-refractivity contribution in [3.05, 3.63) is 52.8 Å². The number of aromatic nitrogens is 2. The van der Waals surface area contributed by atoms with Gasteiger partial charge in [-0.25, -0.2) is 23.1 Å². The number of aryl methyl sites for hydroxylation is 1. The van der Waals surface area contributed by atoms with E-state index in [0.717, 1.165) is 35.4 Å². The largest absolute Gasteiger partial charge is 0.351 e. The molecule has 2 aliphatic heterocycles. The molecule has 6 rings (SSSR count). The van der Waals surface area contributed by atoms with Gasteiger partial charge in [0.05, 0.1) is 21.0 Å². The number of benzene rings is 1. The summed E-state index contributed by atoms with van der Waals surface area (Å²) < 4.78 is 30.0. The lowest BCUT2D eigenvalue weighted by molar-refractivity contribution is 0.0694. The van der Waals surface area contributed by atoms with Gasteiger partial charge in [-0.3, -0.25) is 9.59 Å². The molecule has 2 aromatic heterocycles. The van der Waals surface area contributed by atoms with Crippen molar-refractivity contribution in [1.82, 2.24) is 24.9 Å². The molecule has 12 heteroatoms. The smallest absolute Gasteiger partial charge is 0.269 e. The van der Waals surface area contributed by atoms with E-state index in [-0.39, 0.29) is 34.9 Å². The average molecular weight is 581 g/mol. The molecule has 10 nitrogen and oxygen atoms in total. The Morgan fingerprint density at radius 3 is 2.67 bits per heavy atom. The maximum atomic E-state index is 13.7. The van der Waals surface area contributed by atoms with E-state index in [1.54, 1.807) is 24.3 Å². The number of pyridine rings is 1. The fourth-order valence-corrected chi connectivity index (χ4v) is 7.70. The van der Waals surface area contributed by atoms with Crippen molar-refractivity contribution in [1.29, 1.82) is 0 Å². The van der Waals surface area contributed by atoms with Gasteiger partial charge in [0.2, 0.25) is 10.0 Å². The number of carbonyl (C=O) groups excluding carboxylic acids is 2. The van der Waals surface area contributed by atoms with Crippen molar-refractivity contribution in [2.45, 2.75) is 63.4 Å². The molecule has 3 N–H and O–H groups in total. The predicted octanol–water partition coefficient (Wildman–Crippen LogP) is 4.20. The van der Waals surface area contributed by atoms with Gasteiger partial charge in [-0.05, 0) is 80.8 Å². The molecule has 2 amide bonds. The number of anilines is 2. The number of hydrogen-bond donors (Lipinski definition) is 3. The second kappa shape index (κ2) is 10.6. The van der Waals surface area contributed by atoms with Gasteiger partial charge in [0.15, 0.2) is 5.13 Å². The van der Waals surface area contributed by atoms with Gasteiger partial charge in [-0.1, -0.05) is 23.8 Å². The second-order valence-electron chi connectivity index (χ2n) is 10.7. The van der Waals surface area contributed by atoms with E-state index < -0.39 is 10.0 Å². The first-order valence-electron chi connectivity index (χ1n) is 13.7. The Morgan fingerprint density at radius 1 is 1.07 bits per heavy atom. The molecule has 1 aromatic carbocycles. The zero-order chi connectivity index (χ0) is 28.0. The van der Waals surface area contributed by atoms with Crippen LogP contribution in [0.25, 0.3) is 10.4 Å². The lowest BCUT2D eigenvalue weighted by Gasteiger charge is -2.24. The summed E-state index contributed by atoms with van der Waals surface area (Å²) in [6, 6.07) is 8.81. The first-order valence-corrected chi connectivity index (χ1v) is 16.0. The molecule has 0 spiro atoms. The lowest BCUT2D eigenvalue weighted by Crippen LogP contribution is -2.35. The van der Waals surface area contributed by atoms with Crippen LogP contribution in [-0.2, 0) is 16.6 Å². The minimum Gasteiger partial charge on any atom is -0.351 e. The highest BCUT2D eigenvalue weighted by atomic mass is 32.2. The Bertz CT molecular complexity index is 1600. The van der Waals surface area contributed by atoms with Crippen molar-refractivity contribution < 1.29 is 18.0 Å². The molecule has 1 saturated carbocycles. The second-order valence-corrected chi connectivity index (χ2v) is 13.4. The molecule has 1 atom stereocenters. The maximum Gasteiger partial charge on any atom is 0.269 e. The van der Waals surface area contributed by atoms with Crippen molar-refractivity contribution in [2.24, 2.45) is 5.92 Å². The van der Waals surface area contributed by atoms with Crippen LogP contribution >= 0.6 is 11.3 Å². The maximum absolute atomic E-state index is 13.7. The molecule has 0 radical (unpaired) electrons. The Balaban J connectivity index is 1.43. The van der Waals surface area contributed by atoms with Gasteiger partial charge in [0.1, 0.15) is 11.5 Å². The number of carbonyl (C=O) groups is 2. The van der Waals surface area contributed by atoms with E-state index in [4.69, 9.17) is 0 Å². The van der Waals surface area contributed by atoms with E-state index >= 15 is 0 Å². The summed E-state index contributed by atoms with van der Waals surface area (Å²) in [7, 11) is -3.96. The minimum atomic E-state index is -3.96. The fraction of sp³-hybridized carbons (Fsp3) is 0.429. The van der Waals surface area contributed by atoms with Crippen LogP contribution in [0.5, 0.6) is 0 Å². The highest BCUT2D eigenvalue weighted by molar-refractivity contribution is 7.89. The normalized spacial score (nSPS) is 20.0. The van der Waals surface area contributed by atoms with Crippen molar-refractivity contribution in [3.8, 4) is 10.4 Å². The van der Waals surface area contributed by atoms with Crippen molar-refractivity contribution in [2.75, 3.05) is 18.4 Å². The Labute approximate surface area is 237 Å².